The third kappa shape index (κ3) is 25.4. The molecule has 0 aliphatic carbocycles. The smallest absolute Gasteiger partial charge is 0.870 e. The molecule has 3 fully saturated rings. The molecule has 29 heteroatoms. The van der Waals surface area contributed by atoms with Crippen molar-refractivity contribution in [3.8, 4) is 34.5 Å². The van der Waals surface area contributed by atoms with Crippen molar-refractivity contribution in [1.82, 2.24) is 29.9 Å². The molecule has 3 saturated heterocycles. The number of pyridine rings is 6. The maximum Gasteiger partial charge on any atom is 3.00 e. The third-order valence-corrected chi connectivity index (χ3v) is 22.5. The fraction of sp³-hybridized carbons (Fsp3) is 0.156. The molecule has 6 aromatic carbocycles. The van der Waals surface area contributed by atoms with Crippen molar-refractivity contribution in [2.45, 2.75) is 25.7 Å². The number of hydrogen-bond donors (Lipinski definition) is 0. The molecule has 15 nitrogen and oxygen atoms in total. The molecule has 0 N–H and O–H groups in total. The fourth-order valence-corrected chi connectivity index (χ4v) is 19.4. The van der Waals surface area contributed by atoms with Crippen LogP contribution in [0.1, 0.15) is 25.7 Å². The summed E-state index contributed by atoms with van der Waals surface area (Å²) in [6.07, 6.45) is 15.0. The van der Waals surface area contributed by atoms with Gasteiger partial charge in [0.1, 0.15) is 0 Å². The largest absolute Gasteiger partial charge is 3.00 e. The van der Waals surface area contributed by atoms with Gasteiger partial charge < -0.3 is 44.8 Å². The molecular formula is C64H44Bi2I12N6O9. The molecule has 15 rings (SSSR count). The topological polar surface area (TPSA) is 247 Å². The number of benzene rings is 6. The summed E-state index contributed by atoms with van der Waals surface area (Å²) in [6.45, 7) is 6.00. The molecule has 4 radical (unpaired) electrons. The zero-order valence-electron chi connectivity index (χ0n) is 47.7. The van der Waals surface area contributed by atoms with Crippen LogP contribution < -0.4 is 30.6 Å². The Morgan fingerprint density at radius 3 is 0.505 bits per heavy atom. The van der Waals surface area contributed by atoms with Crippen molar-refractivity contribution in [2.24, 2.45) is 0 Å². The van der Waals surface area contributed by atoms with Crippen LogP contribution in [0.5, 0.6) is 34.5 Å². The van der Waals surface area contributed by atoms with E-state index in [1.165, 1.54) is 25.7 Å². The molecule has 0 spiro atoms. The van der Waals surface area contributed by atoms with Crippen molar-refractivity contribution in [1.29, 1.82) is 0 Å². The Hall–Kier alpha value is 0.986. The molecule has 3 aliphatic rings. The van der Waals surface area contributed by atoms with E-state index in [1.807, 2.05) is 245 Å². The van der Waals surface area contributed by atoms with Crippen molar-refractivity contribution >= 4 is 389 Å². The number of ether oxygens (including phenoxy) is 3. The van der Waals surface area contributed by atoms with Gasteiger partial charge in [0.05, 0.1) is 46.3 Å². The second-order valence-corrected chi connectivity index (χ2v) is 32.6. The summed E-state index contributed by atoms with van der Waals surface area (Å²) in [6, 6.07) is 33.9. The van der Waals surface area contributed by atoms with Gasteiger partial charge in [-0.2, -0.15) is 0 Å². The maximum atomic E-state index is 11.6. The maximum absolute atomic E-state index is 11.6. The van der Waals surface area contributed by atoms with Gasteiger partial charge in [0.2, 0.25) is 0 Å². The number of aromatic nitrogens is 6. The van der Waals surface area contributed by atoms with E-state index in [4.69, 9.17) is 9.47 Å². The Bertz CT molecular complexity index is 3750. The molecule has 9 heterocycles. The first-order chi connectivity index (χ1) is 43.7. The van der Waals surface area contributed by atoms with Crippen LogP contribution in [0.3, 0.4) is 0 Å². The number of fused-ring (bicyclic) bond motifs is 6. The molecule has 0 saturated carbocycles. The molecule has 0 unspecified atom stereocenters. The minimum atomic E-state index is 0. The van der Waals surface area contributed by atoms with E-state index in [-0.39, 0.29) is 86.9 Å². The monoisotopic (exact) mass is 2980 g/mol. The molecule has 3 aliphatic heterocycles. The quantitative estimate of drug-likeness (QED) is 0.0778. The number of halogens is 12. The SMILES string of the molecule is C1CCOC1.C1CCOC1.C1CO1.[Bi+3].[Bi+3].[O-]c1c(I)cc(I)c2cccnc12.[O-]c1c(I)cc(I)c2cccnc12.[O-]c1c(I)cc(I)c2cccnc12.[O-]c1c(I)cc(I)c2cccnc12.[O-]c1c(I)cc(I)c2cccnc12.[O-]c1c(I)cc(I)c2cccnc12. The summed E-state index contributed by atoms with van der Waals surface area (Å²) in [5.41, 5.74) is 3.41. The van der Waals surface area contributed by atoms with Crippen molar-refractivity contribution in [3.63, 3.8) is 0 Å². The third-order valence-electron chi connectivity index (χ3n) is 12.4. The number of hydrogen-bond acceptors (Lipinski definition) is 15. The molecule has 93 heavy (non-hydrogen) atoms. The van der Waals surface area contributed by atoms with Gasteiger partial charge >= 0.3 is 52.4 Å². The van der Waals surface area contributed by atoms with Crippen molar-refractivity contribution in [2.75, 3.05) is 39.6 Å². The average molecular weight is 2980 g/mol. The summed E-state index contributed by atoms with van der Waals surface area (Å²) in [5.74, 6) is 0.148. The number of epoxide rings is 1. The van der Waals surface area contributed by atoms with Crippen LogP contribution in [0.2, 0.25) is 0 Å². The van der Waals surface area contributed by atoms with Crippen LogP contribution in [0, 0.1) is 42.8 Å². The van der Waals surface area contributed by atoms with E-state index in [0.717, 1.165) is 115 Å². The zero-order valence-corrected chi connectivity index (χ0v) is 80.6. The van der Waals surface area contributed by atoms with E-state index in [9.17, 15) is 30.6 Å². The molecule has 12 aromatic rings. The minimum Gasteiger partial charge on any atom is -0.870 e. The number of rotatable bonds is 0. The van der Waals surface area contributed by atoms with Gasteiger partial charge in [0.25, 0.3) is 0 Å². The van der Waals surface area contributed by atoms with Crippen molar-refractivity contribution in [3.05, 3.63) is 189 Å². The summed E-state index contributed by atoms with van der Waals surface area (Å²) in [7, 11) is 0. The Morgan fingerprint density at radius 1 is 0.237 bits per heavy atom. The molecule has 6 aromatic heterocycles. The van der Waals surface area contributed by atoms with Gasteiger partial charge in [-0.25, -0.2) is 0 Å². The summed E-state index contributed by atoms with van der Waals surface area (Å²) in [4.78, 5) is 24.5. The first kappa shape index (κ1) is 84.6. The Kier molecular flexibility index (Phi) is 39.9. The van der Waals surface area contributed by atoms with E-state index in [0.29, 0.717) is 33.1 Å². The van der Waals surface area contributed by atoms with Crippen LogP contribution in [0.25, 0.3) is 65.4 Å². The van der Waals surface area contributed by atoms with Gasteiger partial charge in [-0.05, 0) is 370 Å². The van der Waals surface area contributed by atoms with E-state index < -0.39 is 0 Å². The van der Waals surface area contributed by atoms with Crippen LogP contribution in [0.4, 0.5) is 0 Å². The summed E-state index contributed by atoms with van der Waals surface area (Å²) < 4.78 is 25.2. The van der Waals surface area contributed by atoms with Gasteiger partial charge in [-0.3, -0.25) is 29.9 Å². The standard InChI is InChI=1S/6C9H5I2NO.2C4H8O.C2H4O.2Bi/c6*10-6-4-7(11)9(13)8-5(6)2-1-3-12-8;2*1-2-4-5-3-1;1-2-3-1;;/h6*1-4,13H;2*1-4H2;1-2H2;;/q;;;;;;;;;2*+3/p-6. The van der Waals surface area contributed by atoms with Crippen LogP contribution in [-0.4, -0.2) is 122 Å². The normalized spacial score (nSPS) is 12.3. The molecular weight excluding hydrogens is 2940 g/mol. The van der Waals surface area contributed by atoms with Gasteiger partial charge in [-0.15, -0.1) is 0 Å². The Balaban J connectivity index is 0.000000194. The van der Waals surface area contributed by atoms with Gasteiger partial charge in [-0.1, -0.05) is 70.9 Å². The fourth-order valence-electron chi connectivity index (χ4n) is 7.90. The van der Waals surface area contributed by atoms with E-state index in [2.05, 4.69) is 170 Å². The predicted molar refractivity (Wildman–Crippen MR) is 462 cm³/mol. The number of nitrogens with zero attached hydrogens (tertiary/aromatic N) is 6. The second kappa shape index (κ2) is 43.8. The van der Waals surface area contributed by atoms with Crippen LogP contribution in [-0.2, 0) is 14.2 Å². The van der Waals surface area contributed by atoms with E-state index >= 15 is 0 Å². The molecule has 0 amide bonds. The molecule has 478 valence electrons. The van der Waals surface area contributed by atoms with Gasteiger partial charge in [0, 0.05) is 139 Å². The first-order valence-electron chi connectivity index (χ1n) is 26.8. The Labute approximate surface area is 739 Å². The molecule has 0 atom stereocenters. The summed E-state index contributed by atoms with van der Waals surface area (Å²) in [5, 5.41) is 75.3. The van der Waals surface area contributed by atoms with Crippen molar-refractivity contribution < 1.29 is 44.8 Å². The predicted octanol–water partition coefficient (Wildman–Crippen LogP) is 16.0. The molecule has 0 bridgehead atoms. The second-order valence-electron chi connectivity index (χ2n) is 18.7. The Morgan fingerprint density at radius 2 is 0.387 bits per heavy atom. The minimum absolute atomic E-state index is 0. The first-order valence-corrected chi connectivity index (χ1v) is 39.8. The van der Waals surface area contributed by atoms with E-state index in [1.54, 1.807) is 37.2 Å². The summed E-state index contributed by atoms with van der Waals surface area (Å²) >= 11 is 25.5. The van der Waals surface area contributed by atoms with Crippen LogP contribution >= 0.6 is 271 Å². The average Bonchev–Trinajstić information content (AvgIpc) is 1.72. The van der Waals surface area contributed by atoms with Gasteiger partial charge in [0.15, 0.2) is 0 Å². The zero-order chi connectivity index (χ0) is 65.7. The van der Waals surface area contributed by atoms with Crippen LogP contribution in [0.15, 0.2) is 146 Å².